The highest BCUT2D eigenvalue weighted by atomic mass is 16.2. The molecule has 0 saturated carbocycles. The zero-order valence-electron chi connectivity index (χ0n) is 19.6. The fraction of sp³-hybridized carbons (Fsp3) is 0.538. The van der Waals surface area contributed by atoms with Crippen molar-refractivity contribution >= 4 is 11.5 Å². The number of aromatic nitrogens is 2. The van der Waals surface area contributed by atoms with Gasteiger partial charge < -0.3 is 15.5 Å². The lowest BCUT2D eigenvalue weighted by atomic mass is 9.97. The van der Waals surface area contributed by atoms with Crippen molar-refractivity contribution in [3.05, 3.63) is 68.4 Å². The van der Waals surface area contributed by atoms with Crippen LogP contribution in [0.5, 0.6) is 0 Å². The molecule has 3 N–H and O–H groups in total. The van der Waals surface area contributed by atoms with Gasteiger partial charge in [-0.1, -0.05) is 48.4 Å². The average Bonchev–Trinajstić information content (AvgIpc) is 2.85. The Morgan fingerprint density at radius 2 is 1.76 bits per heavy atom. The molecule has 1 aliphatic heterocycles. The Bertz CT molecular complexity index is 1050. The van der Waals surface area contributed by atoms with Crippen LogP contribution in [0.4, 0.5) is 11.5 Å². The molecule has 0 amide bonds. The van der Waals surface area contributed by atoms with E-state index < -0.39 is 11.2 Å². The lowest BCUT2D eigenvalue weighted by molar-refractivity contribution is 0.233. The van der Waals surface area contributed by atoms with Crippen molar-refractivity contribution in [2.24, 2.45) is 0 Å². The molecule has 1 saturated heterocycles. The predicted molar refractivity (Wildman–Crippen MR) is 135 cm³/mol. The van der Waals surface area contributed by atoms with Gasteiger partial charge in [-0.2, -0.15) is 0 Å². The smallest absolute Gasteiger partial charge is 0.330 e. The van der Waals surface area contributed by atoms with Crippen molar-refractivity contribution in [1.29, 1.82) is 0 Å². The van der Waals surface area contributed by atoms with Gasteiger partial charge in [-0.3, -0.25) is 14.3 Å². The van der Waals surface area contributed by atoms with Crippen molar-refractivity contribution in [3.8, 4) is 0 Å². The number of anilines is 2. The largest absolute Gasteiger partial charge is 0.383 e. The summed E-state index contributed by atoms with van der Waals surface area (Å²) in [4.78, 5) is 32.7. The highest BCUT2D eigenvalue weighted by Crippen LogP contribution is 2.23. The average molecular weight is 452 g/mol. The summed E-state index contributed by atoms with van der Waals surface area (Å²) >= 11 is 0. The Kier molecular flexibility index (Phi) is 8.05. The molecule has 33 heavy (non-hydrogen) atoms. The molecule has 2 aromatic rings. The summed E-state index contributed by atoms with van der Waals surface area (Å²) in [5, 5.41) is 0. The van der Waals surface area contributed by atoms with Gasteiger partial charge in [0.25, 0.3) is 5.56 Å². The lowest BCUT2D eigenvalue weighted by Gasteiger charge is -2.32. The van der Waals surface area contributed by atoms with Crippen LogP contribution in [0.1, 0.15) is 56.9 Å². The molecule has 1 aromatic heterocycles. The van der Waals surface area contributed by atoms with Crippen LogP contribution < -0.4 is 21.9 Å². The van der Waals surface area contributed by atoms with E-state index in [2.05, 4.69) is 20.9 Å². The Morgan fingerprint density at radius 1 is 0.970 bits per heavy atom. The number of allylic oxidation sites excluding steroid dienone is 1. The van der Waals surface area contributed by atoms with Crippen molar-refractivity contribution in [2.45, 2.75) is 57.9 Å². The zero-order chi connectivity index (χ0) is 23.0. The van der Waals surface area contributed by atoms with Crippen molar-refractivity contribution in [3.63, 3.8) is 0 Å². The first kappa shape index (κ1) is 23.4. The summed E-state index contributed by atoms with van der Waals surface area (Å²) in [5.74, 6) is 0.254. The summed E-state index contributed by atoms with van der Waals surface area (Å²) in [6.07, 6.45) is 11.8. The van der Waals surface area contributed by atoms with Gasteiger partial charge in [0.1, 0.15) is 11.5 Å². The van der Waals surface area contributed by atoms with Gasteiger partial charge in [-0.15, -0.1) is 0 Å². The third kappa shape index (κ3) is 6.16. The van der Waals surface area contributed by atoms with E-state index >= 15 is 0 Å². The van der Waals surface area contributed by atoms with Gasteiger partial charge in [0.15, 0.2) is 0 Å². The number of hydrogen-bond acceptors (Lipinski definition) is 5. The zero-order valence-corrected chi connectivity index (χ0v) is 19.6. The minimum Gasteiger partial charge on any atom is -0.383 e. The topological polar surface area (TPSA) is 87.4 Å². The maximum absolute atomic E-state index is 13.0. The maximum atomic E-state index is 13.0. The van der Waals surface area contributed by atoms with Crippen LogP contribution in [0.3, 0.4) is 0 Å². The minimum absolute atomic E-state index is 0.254. The van der Waals surface area contributed by atoms with E-state index in [4.69, 9.17) is 5.73 Å². The van der Waals surface area contributed by atoms with E-state index in [-0.39, 0.29) is 5.82 Å². The summed E-state index contributed by atoms with van der Waals surface area (Å²) in [5.41, 5.74) is 8.54. The van der Waals surface area contributed by atoms with Crippen molar-refractivity contribution in [1.82, 2.24) is 14.5 Å². The molecule has 2 heterocycles. The molecule has 0 radical (unpaired) electrons. The third-order valence-corrected chi connectivity index (χ3v) is 6.94. The molecule has 178 valence electrons. The first-order chi connectivity index (χ1) is 16.1. The van der Waals surface area contributed by atoms with Crippen molar-refractivity contribution in [2.75, 3.05) is 43.4 Å². The molecule has 1 fully saturated rings. The molecule has 4 rings (SSSR count). The van der Waals surface area contributed by atoms with Gasteiger partial charge in [0.2, 0.25) is 0 Å². The van der Waals surface area contributed by atoms with Crippen molar-refractivity contribution < 1.29 is 0 Å². The SMILES string of the molecule is Nc1c(N(CCC2=CCCCC2)CCN2CCCCC2)c(=O)[nH]c(=O)n1Cc1ccccc1. The first-order valence-corrected chi connectivity index (χ1v) is 12.4. The second-order valence-electron chi connectivity index (χ2n) is 9.31. The van der Waals surface area contributed by atoms with Crippen LogP contribution >= 0.6 is 0 Å². The fourth-order valence-electron chi connectivity index (χ4n) is 5.00. The quantitative estimate of drug-likeness (QED) is 0.571. The number of aromatic amines is 1. The van der Waals surface area contributed by atoms with Gasteiger partial charge in [0, 0.05) is 19.6 Å². The molecular formula is C26H37N5O2. The number of rotatable bonds is 9. The number of hydrogen-bond donors (Lipinski definition) is 2. The number of H-pyrrole nitrogens is 1. The van der Waals surface area contributed by atoms with Crippen LogP contribution in [0.2, 0.25) is 0 Å². The summed E-state index contributed by atoms with van der Waals surface area (Å²) in [6.45, 7) is 4.91. The molecule has 7 nitrogen and oxygen atoms in total. The Hall–Kier alpha value is -2.80. The number of benzene rings is 1. The van der Waals surface area contributed by atoms with E-state index in [1.54, 1.807) is 0 Å². The Morgan fingerprint density at radius 3 is 2.48 bits per heavy atom. The first-order valence-electron chi connectivity index (χ1n) is 12.4. The number of likely N-dealkylation sites (tertiary alicyclic amines) is 1. The van der Waals surface area contributed by atoms with E-state index in [1.807, 2.05) is 30.3 Å². The van der Waals surface area contributed by atoms with E-state index in [0.29, 0.717) is 12.2 Å². The fourth-order valence-corrected chi connectivity index (χ4v) is 5.00. The summed E-state index contributed by atoms with van der Waals surface area (Å²) in [7, 11) is 0. The number of nitrogens with one attached hydrogen (secondary N) is 1. The molecule has 0 unspecified atom stereocenters. The van der Waals surface area contributed by atoms with Crippen LogP contribution in [-0.4, -0.2) is 47.2 Å². The lowest BCUT2D eigenvalue weighted by Crippen LogP contribution is -2.43. The van der Waals surface area contributed by atoms with Crippen LogP contribution in [-0.2, 0) is 6.54 Å². The molecule has 0 bridgehead atoms. The Balaban J connectivity index is 1.60. The van der Waals surface area contributed by atoms with Gasteiger partial charge in [-0.05, 0) is 63.6 Å². The van der Waals surface area contributed by atoms with E-state index in [1.165, 1.54) is 42.2 Å². The molecule has 1 aliphatic carbocycles. The Labute approximate surface area is 195 Å². The number of nitrogen functional groups attached to an aromatic ring is 1. The molecule has 1 aromatic carbocycles. The van der Waals surface area contributed by atoms with Gasteiger partial charge >= 0.3 is 5.69 Å². The van der Waals surface area contributed by atoms with Crippen LogP contribution in [0, 0.1) is 0 Å². The molecule has 0 atom stereocenters. The highest BCUT2D eigenvalue weighted by molar-refractivity contribution is 5.62. The standard InChI is InChI=1S/C26H37N5O2/c27-24-23(25(32)28-26(33)31(24)20-22-12-6-2-7-13-22)30(17-14-21-10-4-1-5-11-21)19-18-29-15-8-3-9-16-29/h2,6-7,10,12-13H,1,3-5,8-9,11,14-20,27H2,(H,28,32,33). The minimum atomic E-state index is -0.462. The molecular weight excluding hydrogens is 414 g/mol. The van der Waals surface area contributed by atoms with Gasteiger partial charge in [-0.25, -0.2) is 4.79 Å². The molecule has 2 aliphatic rings. The second-order valence-corrected chi connectivity index (χ2v) is 9.31. The maximum Gasteiger partial charge on any atom is 0.330 e. The monoisotopic (exact) mass is 451 g/mol. The molecule has 7 heteroatoms. The summed E-state index contributed by atoms with van der Waals surface area (Å²) in [6, 6.07) is 9.73. The third-order valence-electron chi connectivity index (χ3n) is 6.94. The summed E-state index contributed by atoms with van der Waals surface area (Å²) < 4.78 is 1.49. The normalized spacial score (nSPS) is 17.0. The van der Waals surface area contributed by atoms with E-state index in [0.717, 1.165) is 57.5 Å². The molecule has 0 spiro atoms. The number of nitrogens with zero attached hydrogens (tertiary/aromatic N) is 3. The van der Waals surface area contributed by atoms with Crippen LogP contribution in [0.15, 0.2) is 51.6 Å². The number of piperidine rings is 1. The van der Waals surface area contributed by atoms with Crippen LogP contribution in [0.25, 0.3) is 0 Å². The highest BCUT2D eigenvalue weighted by Gasteiger charge is 2.21. The van der Waals surface area contributed by atoms with E-state index in [9.17, 15) is 9.59 Å². The van der Waals surface area contributed by atoms with Gasteiger partial charge in [0.05, 0.1) is 6.54 Å². The second kappa shape index (κ2) is 11.4. The number of nitrogens with two attached hydrogens (primary N) is 1. The predicted octanol–water partition coefficient (Wildman–Crippen LogP) is 3.35.